The fourth-order valence-corrected chi connectivity index (χ4v) is 2.74. The molecule has 10 nitrogen and oxygen atoms in total. The van der Waals surface area contributed by atoms with E-state index < -0.39 is 36.0 Å². The number of ether oxygens (including phenoxy) is 4. The Morgan fingerprint density at radius 3 is 1.08 bits per heavy atom. The van der Waals surface area contributed by atoms with Gasteiger partial charge in [-0.1, -0.05) is 27.7 Å². The molecule has 0 aliphatic heterocycles. The highest BCUT2D eigenvalue weighted by atomic mass is 16.6. The molecule has 36 heavy (non-hydrogen) atoms. The largest absolute Gasteiger partial charge is 0.463 e. The Kier molecular flexibility index (Phi) is 17.8. The lowest BCUT2D eigenvalue weighted by atomic mass is 10.2. The van der Waals surface area contributed by atoms with Crippen LogP contribution in [-0.2, 0) is 38.1 Å². The molecule has 210 valence electrons. The summed E-state index contributed by atoms with van der Waals surface area (Å²) in [6.45, 7) is 15.2. The van der Waals surface area contributed by atoms with Crippen molar-refractivity contribution in [2.45, 2.75) is 130 Å². The highest BCUT2D eigenvalue weighted by Gasteiger charge is 2.28. The Hall–Kier alpha value is -2.20. The first-order valence-corrected chi connectivity index (χ1v) is 13.2. The summed E-state index contributed by atoms with van der Waals surface area (Å²) in [4.78, 5) is 49.8. The Morgan fingerprint density at radius 2 is 0.806 bits per heavy atom. The van der Waals surface area contributed by atoms with Crippen molar-refractivity contribution in [3.05, 3.63) is 0 Å². The average Bonchev–Trinajstić information content (AvgIpc) is 2.84. The topological polar surface area (TPSA) is 129 Å². The summed E-state index contributed by atoms with van der Waals surface area (Å²) in [7, 11) is 0. The van der Waals surface area contributed by atoms with Crippen LogP contribution in [0.25, 0.3) is 0 Å². The lowest BCUT2D eigenvalue weighted by Gasteiger charge is -2.22. The van der Waals surface area contributed by atoms with Gasteiger partial charge in [0.25, 0.3) is 0 Å². The van der Waals surface area contributed by atoms with E-state index in [1.807, 2.05) is 27.7 Å². The Balaban J connectivity index is 5.14. The molecule has 0 aromatic heterocycles. The van der Waals surface area contributed by atoms with Crippen molar-refractivity contribution in [2.24, 2.45) is 0 Å². The molecule has 0 aliphatic rings. The van der Waals surface area contributed by atoms with Crippen LogP contribution in [-0.4, -0.2) is 73.5 Å². The van der Waals surface area contributed by atoms with Crippen molar-refractivity contribution >= 4 is 23.9 Å². The van der Waals surface area contributed by atoms with Crippen LogP contribution in [0.5, 0.6) is 0 Å². The number of nitrogens with one attached hydrogen (secondary N) is 2. The first-order chi connectivity index (χ1) is 17.0. The van der Waals surface area contributed by atoms with E-state index in [9.17, 15) is 19.2 Å². The van der Waals surface area contributed by atoms with Gasteiger partial charge < -0.3 is 29.6 Å². The van der Waals surface area contributed by atoms with Gasteiger partial charge in [0.1, 0.15) is 12.1 Å². The van der Waals surface area contributed by atoms with Gasteiger partial charge in [-0.25, -0.2) is 0 Å². The molecule has 0 aromatic carbocycles. The van der Waals surface area contributed by atoms with Crippen LogP contribution in [0.15, 0.2) is 0 Å². The van der Waals surface area contributed by atoms with E-state index in [1.165, 1.54) is 0 Å². The maximum atomic E-state index is 12.6. The molecule has 0 aromatic rings. The highest BCUT2D eigenvalue weighted by molar-refractivity contribution is 5.83. The Bertz CT molecular complexity index is 616. The molecule has 0 saturated heterocycles. The minimum Gasteiger partial charge on any atom is -0.463 e. The van der Waals surface area contributed by atoms with Crippen molar-refractivity contribution in [1.29, 1.82) is 0 Å². The first kappa shape index (κ1) is 33.8. The number of hydrogen-bond acceptors (Lipinski definition) is 10. The lowest BCUT2D eigenvalue weighted by molar-refractivity contribution is -0.158. The zero-order valence-electron chi connectivity index (χ0n) is 23.4. The van der Waals surface area contributed by atoms with Gasteiger partial charge in [0.05, 0.1) is 37.3 Å². The maximum Gasteiger partial charge on any atom is 0.324 e. The van der Waals surface area contributed by atoms with E-state index in [0.29, 0.717) is 25.7 Å². The summed E-state index contributed by atoms with van der Waals surface area (Å²) in [5.74, 6) is -2.09. The van der Waals surface area contributed by atoms with Crippen LogP contribution >= 0.6 is 0 Å². The second-order valence-corrected chi connectivity index (χ2v) is 9.15. The van der Waals surface area contributed by atoms with Crippen LogP contribution in [0, 0.1) is 0 Å². The van der Waals surface area contributed by atoms with Gasteiger partial charge in [0.15, 0.2) is 0 Å². The van der Waals surface area contributed by atoms with Crippen molar-refractivity contribution < 1.29 is 38.1 Å². The number of hydrogen-bond donors (Lipinski definition) is 2. The Labute approximate surface area is 216 Å². The molecule has 10 heteroatoms. The zero-order valence-corrected chi connectivity index (χ0v) is 23.4. The maximum absolute atomic E-state index is 12.6. The van der Waals surface area contributed by atoms with Crippen LogP contribution < -0.4 is 10.6 Å². The van der Waals surface area contributed by atoms with Crippen LogP contribution in [0.2, 0.25) is 0 Å². The second-order valence-electron chi connectivity index (χ2n) is 9.15. The minimum atomic E-state index is -0.904. The van der Waals surface area contributed by atoms with E-state index in [1.54, 1.807) is 27.7 Å². The molecule has 0 amide bonds. The first-order valence-electron chi connectivity index (χ1n) is 13.2. The van der Waals surface area contributed by atoms with Crippen molar-refractivity contribution in [2.75, 3.05) is 13.1 Å². The van der Waals surface area contributed by atoms with Gasteiger partial charge in [0.2, 0.25) is 0 Å². The number of carbonyl (C=O) groups is 4. The third-order valence-electron chi connectivity index (χ3n) is 5.82. The van der Waals surface area contributed by atoms with E-state index in [-0.39, 0.29) is 50.3 Å². The molecule has 0 rings (SSSR count). The van der Waals surface area contributed by atoms with Gasteiger partial charge in [-0.2, -0.15) is 0 Å². The van der Waals surface area contributed by atoms with E-state index in [2.05, 4.69) is 10.6 Å². The number of esters is 4. The molecule has 0 saturated carbocycles. The fourth-order valence-electron chi connectivity index (χ4n) is 2.74. The van der Waals surface area contributed by atoms with Gasteiger partial charge in [0, 0.05) is 13.1 Å². The van der Waals surface area contributed by atoms with Gasteiger partial charge in [-0.05, 0) is 53.4 Å². The molecule has 0 heterocycles. The quantitative estimate of drug-likeness (QED) is 0.150. The number of rotatable bonds is 19. The molecular weight excluding hydrogens is 468 g/mol. The molecule has 0 bridgehead atoms. The normalized spacial score (nSPS) is 16.1. The van der Waals surface area contributed by atoms with Crippen LogP contribution in [0.1, 0.15) is 93.9 Å². The lowest BCUT2D eigenvalue weighted by Crippen LogP contribution is -2.47. The standard InChI is InChI=1S/C26H48N2O8/c1-9-17(5)33-23(29)15-21(25(31)35-19(7)11-3)27-13-14-28-22(26(32)36-20(8)12-4)16-24(30)34-18(6)10-2/h17-22,27-28H,9-16H2,1-8H3/t17?,18?,19?,20?,21-,22-/m0/s1. The molecule has 2 N–H and O–H groups in total. The third kappa shape index (κ3) is 15.0. The number of carbonyl (C=O) groups excluding carboxylic acids is 4. The molecule has 0 aliphatic carbocycles. The predicted molar refractivity (Wildman–Crippen MR) is 136 cm³/mol. The zero-order chi connectivity index (χ0) is 27.7. The molecule has 0 fully saturated rings. The SMILES string of the molecule is CCC(C)OC(=O)C[C@H](NCCN[C@@H](CC(=O)OC(C)CC)C(=O)OC(C)CC)C(=O)OC(C)CC. The second kappa shape index (κ2) is 19.0. The van der Waals surface area contributed by atoms with Crippen molar-refractivity contribution in [3.8, 4) is 0 Å². The summed E-state index contributed by atoms with van der Waals surface area (Å²) in [6, 6.07) is -1.81. The van der Waals surface area contributed by atoms with Gasteiger partial charge >= 0.3 is 23.9 Å². The summed E-state index contributed by atoms with van der Waals surface area (Å²) in [6.07, 6.45) is 1.17. The molecule has 6 atom stereocenters. The van der Waals surface area contributed by atoms with E-state index in [0.717, 1.165) is 0 Å². The Morgan fingerprint density at radius 1 is 0.528 bits per heavy atom. The third-order valence-corrected chi connectivity index (χ3v) is 5.82. The molecule has 0 radical (unpaired) electrons. The van der Waals surface area contributed by atoms with Gasteiger partial charge in [-0.15, -0.1) is 0 Å². The summed E-state index contributed by atoms with van der Waals surface area (Å²) >= 11 is 0. The minimum absolute atomic E-state index is 0.180. The van der Waals surface area contributed by atoms with Crippen molar-refractivity contribution in [1.82, 2.24) is 10.6 Å². The summed E-state index contributed by atoms with van der Waals surface area (Å²) < 4.78 is 21.4. The van der Waals surface area contributed by atoms with Crippen LogP contribution in [0.4, 0.5) is 0 Å². The van der Waals surface area contributed by atoms with Crippen LogP contribution in [0.3, 0.4) is 0 Å². The smallest absolute Gasteiger partial charge is 0.324 e. The van der Waals surface area contributed by atoms with E-state index in [4.69, 9.17) is 18.9 Å². The molecular formula is C26H48N2O8. The van der Waals surface area contributed by atoms with Crippen molar-refractivity contribution in [3.63, 3.8) is 0 Å². The summed E-state index contributed by atoms with van der Waals surface area (Å²) in [5, 5.41) is 6.01. The fraction of sp³-hybridized carbons (Fsp3) is 0.846. The van der Waals surface area contributed by atoms with Gasteiger partial charge in [-0.3, -0.25) is 19.2 Å². The molecule has 0 spiro atoms. The predicted octanol–water partition coefficient (Wildman–Crippen LogP) is 3.05. The average molecular weight is 517 g/mol. The monoisotopic (exact) mass is 516 g/mol. The highest BCUT2D eigenvalue weighted by Crippen LogP contribution is 2.08. The molecule has 4 unspecified atom stereocenters. The summed E-state index contributed by atoms with van der Waals surface area (Å²) in [5.41, 5.74) is 0. The van der Waals surface area contributed by atoms with E-state index >= 15 is 0 Å².